The van der Waals surface area contributed by atoms with Crippen LogP contribution in [0.1, 0.15) is 16.7 Å². The molecule has 0 aliphatic carbocycles. The largest absolute Gasteiger partial charge is 0.457 e. The van der Waals surface area contributed by atoms with Gasteiger partial charge in [0.15, 0.2) is 0 Å². The van der Waals surface area contributed by atoms with Gasteiger partial charge in [-0.2, -0.15) is 5.10 Å². The zero-order valence-electron chi connectivity index (χ0n) is 17.8. The van der Waals surface area contributed by atoms with E-state index >= 15 is 0 Å². The second-order valence-corrected chi connectivity index (χ2v) is 7.36. The van der Waals surface area contributed by atoms with Gasteiger partial charge >= 0.3 is 0 Å². The Kier molecular flexibility index (Phi) is 5.98. The summed E-state index contributed by atoms with van der Waals surface area (Å²) in [4.78, 5) is 4.40. The van der Waals surface area contributed by atoms with Crippen molar-refractivity contribution in [2.45, 2.75) is 13.5 Å². The van der Waals surface area contributed by atoms with Crippen LogP contribution in [0.5, 0.6) is 11.5 Å². The summed E-state index contributed by atoms with van der Waals surface area (Å²) in [7, 11) is 1.86. The Labute approximate surface area is 185 Å². The first-order chi connectivity index (χ1) is 15.4. The topological polar surface area (TPSA) is 52.0 Å². The molecule has 4 rings (SSSR count). The van der Waals surface area contributed by atoms with Crippen LogP contribution in [-0.2, 0) is 13.6 Å². The Morgan fingerprint density at radius 1 is 1.06 bits per heavy atom. The number of pyridine rings is 1. The zero-order valence-corrected chi connectivity index (χ0v) is 17.8. The van der Waals surface area contributed by atoms with E-state index in [9.17, 15) is 8.78 Å². The average Bonchev–Trinajstić information content (AvgIpc) is 3.19. The Balaban J connectivity index is 1.51. The van der Waals surface area contributed by atoms with Gasteiger partial charge < -0.3 is 10.1 Å². The maximum absolute atomic E-state index is 13.4. The van der Waals surface area contributed by atoms with Crippen LogP contribution in [0.3, 0.4) is 0 Å². The number of nitrogens with one attached hydrogen (secondary N) is 1. The Morgan fingerprint density at radius 2 is 1.84 bits per heavy atom. The average molecular weight is 432 g/mol. The smallest absolute Gasteiger partial charge is 0.131 e. The summed E-state index contributed by atoms with van der Waals surface area (Å²) in [6.45, 7) is 6.26. The molecule has 1 N–H and O–H groups in total. The second-order valence-electron chi connectivity index (χ2n) is 7.36. The molecule has 7 heteroatoms. The van der Waals surface area contributed by atoms with Gasteiger partial charge in [-0.05, 0) is 42.8 Å². The van der Waals surface area contributed by atoms with Crippen LogP contribution < -0.4 is 10.1 Å². The third-order valence-corrected chi connectivity index (χ3v) is 5.08. The van der Waals surface area contributed by atoms with Crippen molar-refractivity contribution < 1.29 is 13.5 Å². The van der Waals surface area contributed by atoms with E-state index in [2.05, 4.69) is 22.0 Å². The summed E-state index contributed by atoms with van der Waals surface area (Å²) < 4.78 is 34.7. The molecule has 0 fully saturated rings. The van der Waals surface area contributed by atoms with E-state index in [1.54, 1.807) is 23.1 Å². The standard InChI is InChI=1S/C25H22F2N4O/c1-16-22(17(2)29-15-18-11-19(26)13-20(27)12-18)5-4-6-25(16)32-21-7-9-28-23(14-21)24-8-10-30-31(24)3/h4-14,29H,2,15H2,1,3H3. The molecule has 0 saturated carbocycles. The van der Waals surface area contributed by atoms with Crippen LogP contribution in [-0.4, -0.2) is 14.8 Å². The molecule has 0 atom stereocenters. The van der Waals surface area contributed by atoms with Crippen molar-refractivity contribution >= 4 is 5.70 Å². The van der Waals surface area contributed by atoms with Crippen LogP contribution in [0.4, 0.5) is 8.78 Å². The highest BCUT2D eigenvalue weighted by Crippen LogP contribution is 2.31. The van der Waals surface area contributed by atoms with Gasteiger partial charge in [-0.3, -0.25) is 9.67 Å². The molecular formula is C25H22F2N4O. The molecule has 0 unspecified atom stereocenters. The minimum atomic E-state index is -0.609. The normalized spacial score (nSPS) is 10.8. The van der Waals surface area contributed by atoms with Gasteiger partial charge in [0, 0.05) is 54.9 Å². The molecule has 0 bridgehead atoms. The fraction of sp³-hybridized carbons (Fsp3) is 0.120. The third-order valence-electron chi connectivity index (χ3n) is 5.08. The zero-order chi connectivity index (χ0) is 22.7. The summed E-state index contributed by atoms with van der Waals surface area (Å²) in [6, 6.07) is 14.6. The summed E-state index contributed by atoms with van der Waals surface area (Å²) in [6.07, 6.45) is 3.41. The van der Waals surface area contributed by atoms with Crippen LogP contribution in [0.2, 0.25) is 0 Å². The molecule has 0 aliphatic heterocycles. The monoisotopic (exact) mass is 432 g/mol. The van der Waals surface area contributed by atoms with Gasteiger partial charge in [0.05, 0.1) is 11.4 Å². The van der Waals surface area contributed by atoms with E-state index in [4.69, 9.17) is 4.74 Å². The summed E-state index contributed by atoms with van der Waals surface area (Å²) in [5.41, 5.74) is 4.49. The van der Waals surface area contributed by atoms with Gasteiger partial charge in [0.2, 0.25) is 0 Å². The molecule has 162 valence electrons. The quantitative estimate of drug-likeness (QED) is 0.412. The van der Waals surface area contributed by atoms with E-state index in [1.807, 2.05) is 44.3 Å². The number of ether oxygens (including phenoxy) is 1. The van der Waals surface area contributed by atoms with Gasteiger partial charge in [-0.1, -0.05) is 18.7 Å². The van der Waals surface area contributed by atoms with Crippen molar-refractivity contribution in [2.24, 2.45) is 7.05 Å². The molecule has 5 nitrogen and oxygen atoms in total. The molecule has 0 amide bonds. The maximum atomic E-state index is 13.4. The van der Waals surface area contributed by atoms with Crippen molar-refractivity contribution in [3.05, 3.63) is 102 Å². The first-order valence-corrected chi connectivity index (χ1v) is 10.0. The maximum Gasteiger partial charge on any atom is 0.131 e. The fourth-order valence-corrected chi connectivity index (χ4v) is 3.44. The molecule has 0 radical (unpaired) electrons. The van der Waals surface area contributed by atoms with E-state index in [-0.39, 0.29) is 6.54 Å². The predicted molar refractivity (Wildman–Crippen MR) is 120 cm³/mol. The minimum absolute atomic E-state index is 0.246. The van der Waals surface area contributed by atoms with Crippen molar-refractivity contribution in [3.63, 3.8) is 0 Å². The highest BCUT2D eigenvalue weighted by atomic mass is 19.1. The number of halogens is 2. The SMILES string of the molecule is C=C(NCc1cc(F)cc(F)c1)c1cccc(Oc2ccnc(-c3ccnn3C)c2)c1C. The van der Waals surface area contributed by atoms with E-state index < -0.39 is 11.6 Å². The van der Waals surface area contributed by atoms with Crippen LogP contribution in [0.15, 0.2) is 73.6 Å². The first kappa shape index (κ1) is 21.2. The third kappa shape index (κ3) is 4.67. The fourth-order valence-electron chi connectivity index (χ4n) is 3.44. The van der Waals surface area contributed by atoms with Crippen molar-refractivity contribution in [1.82, 2.24) is 20.1 Å². The second kappa shape index (κ2) is 9.01. The molecule has 2 heterocycles. The van der Waals surface area contributed by atoms with Crippen molar-refractivity contribution in [1.29, 1.82) is 0 Å². The highest BCUT2D eigenvalue weighted by Gasteiger charge is 2.11. The molecular weight excluding hydrogens is 410 g/mol. The summed E-state index contributed by atoms with van der Waals surface area (Å²) >= 11 is 0. The number of aromatic nitrogens is 3. The van der Waals surface area contributed by atoms with Crippen LogP contribution in [0, 0.1) is 18.6 Å². The first-order valence-electron chi connectivity index (χ1n) is 10.0. The Bertz CT molecular complexity index is 1260. The van der Waals surface area contributed by atoms with Gasteiger partial charge in [0.1, 0.15) is 23.1 Å². The van der Waals surface area contributed by atoms with Gasteiger partial charge in [-0.15, -0.1) is 0 Å². The number of benzene rings is 2. The molecule has 0 spiro atoms. The Morgan fingerprint density at radius 3 is 2.56 bits per heavy atom. The molecule has 2 aromatic heterocycles. The minimum Gasteiger partial charge on any atom is -0.457 e. The molecule has 0 aliphatic rings. The number of aryl methyl sites for hydroxylation is 1. The lowest BCUT2D eigenvalue weighted by molar-refractivity contribution is 0.478. The van der Waals surface area contributed by atoms with Gasteiger partial charge in [0.25, 0.3) is 0 Å². The summed E-state index contributed by atoms with van der Waals surface area (Å²) in [5, 5.41) is 7.31. The van der Waals surface area contributed by atoms with E-state index in [0.29, 0.717) is 22.8 Å². The summed E-state index contributed by atoms with van der Waals surface area (Å²) in [5.74, 6) is 0.0957. The number of hydrogen-bond donors (Lipinski definition) is 1. The van der Waals surface area contributed by atoms with E-state index in [0.717, 1.165) is 28.6 Å². The molecule has 4 aromatic rings. The lowest BCUT2D eigenvalue weighted by Gasteiger charge is -2.16. The molecule has 0 saturated heterocycles. The van der Waals surface area contributed by atoms with E-state index in [1.165, 1.54) is 12.1 Å². The lowest BCUT2D eigenvalue weighted by atomic mass is 10.0. The van der Waals surface area contributed by atoms with Gasteiger partial charge in [-0.25, -0.2) is 8.78 Å². The van der Waals surface area contributed by atoms with Crippen LogP contribution in [0.25, 0.3) is 17.1 Å². The predicted octanol–water partition coefficient (Wildman–Crippen LogP) is 5.62. The molecule has 2 aromatic carbocycles. The van der Waals surface area contributed by atoms with Crippen LogP contribution >= 0.6 is 0 Å². The number of nitrogens with zero attached hydrogens (tertiary/aromatic N) is 3. The molecule has 32 heavy (non-hydrogen) atoms. The van der Waals surface area contributed by atoms with Crippen molar-refractivity contribution in [2.75, 3.05) is 0 Å². The number of hydrogen-bond acceptors (Lipinski definition) is 4. The van der Waals surface area contributed by atoms with Crippen molar-refractivity contribution in [3.8, 4) is 22.9 Å². The Hall–Kier alpha value is -4.00. The lowest BCUT2D eigenvalue weighted by Crippen LogP contribution is -2.12. The highest BCUT2D eigenvalue weighted by molar-refractivity contribution is 5.67. The number of rotatable bonds is 7.